The minimum absolute atomic E-state index is 0.00596. The molecule has 1 rings (SSSR count). The van der Waals surface area contributed by atoms with Gasteiger partial charge in [-0.25, -0.2) is 0 Å². The van der Waals surface area contributed by atoms with Gasteiger partial charge in [-0.1, -0.05) is 29.3 Å². The van der Waals surface area contributed by atoms with Crippen LogP contribution in [0.3, 0.4) is 0 Å². The van der Waals surface area contributed by atoms with Crippen LogP contribution in [0, 0.1) is 0 Å². The lowest BCUT2D eigenvalue weighted by Crippen LogP contribution is -1.96. The predicted octanol–water partition coefficient (Wildman–Crippen LogP) is 3.75. The van der Waals surface area contributed by atoms with Gasteiger partial charge in [0.25, 0.3) is 0 Å². The number of allylic oxidation sites excluding steroid dienone is 1. The lowest BCUT2D eigenvalue weighted by atomic mass is 10.1. The maximum Gasteiger partial charge on any atom is 0.166 e. The molecule has 0 aliphatic rings. The Hall–Kier alpha value is -0.790. The molecule has 0 saturated carbocycles. The summed E-state index contributed by atoms with van der Waals surface area (Å²) >= 11 is 11.4. The van der Waals surface area contributed by atoms with E-state index in [1.54, 1.807) is 24.3 Å². The highest BCUT2D eigenvalue weighted by atomic mass is 35.5. The Balaban J connectivity index is 2.96. The smallest absolute Gasteiger partial charge is 0.166 e. The average molecular weight is 215 g/mol. The van der Waals surface area contributed by atoms with Crippen molar-refractivity contribution in [3.8, 4) is 0 Å². The quantitative estimate of drug-likeness (QED) is 0.554. The van der Waals surface area contributed by atoms with Crippen LogP contribution in [0.1, 0.15) is 16.8 Å². The van der Waals surface area contributed by atoms with Gasteiger partial charge in [0.2, 0.25) is 0 Å². The molecule has 0 unspecified atom stereocenters. The molecule has 0 aliphatic carbocycles. The first-order valence-electron chi connectivity index (χ1n) is 3.74. The number of ketones is 1. The van der Waals surface area contributed by atoms with Crippen LogP contribution in [0.15, 0.2) is 30.9 Å². The molecule has 0 radical (unpaired) electrons. The van der Waals surface area contributed by atoms with Crippen molar-refractivity contribution in [2.45, 2.75) is 6.42 Å². The molecule has 3 heteroatoms. The summed E-state index contributed by atoms with van der Waals surface area (Å²) in [6.45, 7) is 3.49. The number of carbonyl (C=O) groups excluding carboxylic acids is 1. The maximum absolute atomic E-state index is 11.3. The van der Waals surface area contributed by atoms with E-state index in [9.17, 15) is 4.79 Å². The van der Waals surface area contributed by atoms with E-state index < -0.39 is 0 Å². The van der Waals surface area contributed by atoms with Crippen molar-refractivity contribution in [3.05, 3.63) is 46.5 Å². The summed E-state index contributed by atoms with van der Waals surface area (Å²) in [6, 6.07) is 4.83. The molecule has 1 nitrogen and oxygen atoms in total. The van der Waals surface area contributed by atoms with Crippen LogP contribution in [0.2, 0.25) is 10.0 Å². The topological polar surface area (TPSA) is 17.1 Å². The van der Waals surface area contributed by atoms with Gasteiger partial charge < -0.3 is 0 Å². The van der Waals surface area contributed by atoms with Crippen molar-refractivity contribution in [1.29, 1.82) is 0 Å². The second kappa shape index (κ2) is 4.45. The zero-order chi connectivity index (χ0) is 9.84. The molecule has 0 N–H and O–H groups in total. The molecule has 0 aromatic heterocycles. The Morgan fingerprint density at radius 1 is 1.38 bits per heavy atom. The van der Waals surface area contributed by atoms with Crippen LogP contribution in [0.4, 0.5) is 0 Å². The molecule has 0 bridgehead atoms. The fraction of sp³-hybridized carbons (Fsp3) is 0.100. The molecule has 1 aromatic rings. The fourth-order valence-corrected chi connectivity index (χ4v) is 1.22. The lowest BCUT2D eigenvalue weighted by molar-refractivity contribution is 0.0996. The summed E-state index contributed by atoms with van der Waals surface area (Å²) in [7, 11) is 0. The minimum atomic E-state index is -0.00596. The van der Waals surface area contributed by atoms with Gasteiger partial charge in [0.05, 0.1) is 10.0 Å². The van der Waals surface area contributed by atoms with Gasteiger partial charge in [-0.2, -0.15) is 0 Å². The van der Waals surface area contributed by atoms with Gasteiger partial charge >= 0.3 is 0 Å². The number of carbonyl (C=O) groups is 1. The van der Waals surface area contributed by atoms with Crippen LogP contribution >= 0.6 is 23.2 Å². The van der Waals surface area contributed by atoms with Crippen LogP contribution in [0.25, 0.3) is 0 Å². The highest BCUT2D eigenvalue weighted by Crippen LogP contribution is 2.23. The number of hydrogen-bond acceptors (Lipinski definition) is 1. The van der Waals surface area contributed by atoms with Gasteiger partial charge in [0, 0.05) is 12.0 Å². The summed E-state index contributed by atoms with van der Waals surface area (Å²) in [5.41, 5.74) is 0.564. The summed E-state index contributed by atoms with van der Waals surface area (Å²) in [5, 5.41) is 0.855. The SMILES string of the molecule is C=CCC(=O)c1ccc(Cl)c(Cl)c1. The molecule has 13 heavy (non-hydrogen) atoms. The first-order valence-corrected chi connectivity index (χ1v) is 4.50. The molecule has 0 saturated heterocycles. The molecule has 0 fully saturated rings. The largest absolute Gasteiger partial charge is 0.294 e. The Morgan fingerprint density at radius 3 is 2.62 bits per heavy atom. The summed E-state index contributed by atoms with van der Waals surface area (Å²) in [6.07, 6.45) is 1.88. The third-order valence-corrected chi connectivity index (χ3v) is 2.31. The second-order valence-corrected chi connectivity index (χ2v) is 3.36. The molecule has 0 heterocycles. The second-order valence-electron chi connectivity index (χ2n) is 2.54. The first-order chi connectivity index (χ1) is 6.15. The van der Waals surface area contributed by atoms with E-state index in [-0.39, 0.29) is 5.78 Å². The zero-order valence-electron chi connectivity index (χ0n) is 6.89. The molecule has 68 valence electrons. The van der Waals surface area contributed by atoms with Crippen molar-refractivity contribution >= 4 is 29.0 Å². The molecule has 0 aliphatic heterocycles. The van der Waals surface area contributed by atoms with E-state index in [1.165, 1.54) is 0 Å². The van der Waals surface area contributed by atoms with Crippen LogP contribution in [0.5, 0.6) is 0 Å². The van der Waals surface area contributed by atoms with Crippen molar-refractivity contribution in [2.75, 3.05) is 0 Å². The van der Waals surface area contributed by atoms with Gasteiger partial charge in [-0.05, 0) is 18.2 Å². The Bertz CT molecular complexity index is 345. The van der Waals surface area contributed by atoms with Crippen LogP contribution in [-0.2, 0) is 0 Å². The van der Waals surface area contributed by atoms with Gasteiger partial charge in [-0.3, -0.25) is 4.79 Å². The van der Waals surface area contributed by atoms with E-state index in [0.717, 1.165) is 0 Å². The number of benzene rings is 1. The standard InChI is InChI=1S/C10H8Cl2O/c1-2-3-10(13)7-4-5-8(11)9(12)6-7/h2,4-6H,1,3H2. The first kappa shape index (κ1) is 10.3. The zero-order valence-corrected chi connectivity index (χ0v) is 8.40. The number of rotatable bonds is 3. The summed E-state index contributed by atoms with van der Waals surface area (Å²) in [5.74, 6) is -0.00596. The highest BCUT2D eigenvalue weighted by molar-refractivity contribution is 6.42. The van der Waals surface area contributed by atoms with E-state index in [2.05, 4.69) is 6.58 Å². The molecular formula is C10H8Cl2O. The number of Topliss-reactive ketones (excluding diaryl/α,β-unsaturated/α-hetero) is 1. The van der Waals surface area contributed by atoms with Crippen molar-refractivity contribution < 1.29 is 4.79 Å². The van der Waals surface area contributed by atoms with Crippen LogP contribution < -0.4 is 0 Å². The van der Waals surface area contributed by atoms with E-state index in [0.29, 0.717) is 22.0 Å². The van der Waals surface area contributed by atoms with Crippen LogP contribution in [-0.4, -0.2) is 5.78 Å². The van der Waals surface area contributed by atoms with E-state index >= 15 is 0 Å². The predicted molar refractivity (Wildman–Crippen MR) is 55.6 cm³/mol. The highest BCUT2D eigenvalue weighted by Gasteiger charge is 2.05. The third kappa shape index (κ3) is 2.58. The normalized spacial score (nSPS) is 9.69. The molecule has 0 amide bonds. The van der Waals surface area contributed by atoms with Gasteiger partial charge in [0.15, 0.2) is 5.78 Å². The van der Waals surface area contributed by atoms with E-state index in [4.69, 9.17) is 23.2 Å². The third-order valence-electron chi connectivity index (χ3n) is 1.57. The number of hydrogen-bond donors (Lipinski definition) is 0. The van der Waals surface area contributed by atoms with Crippen molar-refractivity contribution in [2.24, 2.45) is 0 Å². The van der Waals surface area contributed by atoms with Crippen molar-refractivity contribution in [1.82, 2.24) is 0 Å². The summed E-state index contributed by atoms with van der Waals surface area (Å²) < 4.78 is 0. The van der Waals surface area contributed by atoms with Gasteiger partial charge in [0.1, 0.15) is 0 Å². The molecule has 0 spiro atoms. The average Bonchev–Trinajstić information content (AvgIpc) is 2.10. The fourth-order valence-electron chi connectivity index (χ4n) is 0.919. The number of halogens is 2. The van der Waals surface area contributed by atoms with E-state index in [1.807, 2.05) is 0 Å². The Kier molecular flexibility index (Phi) is 3.52. The summed E-state index contributed by atoms with van der Waals surface area (Å²) in [4.78, 5) is 11.3. The molecular weight excluding hydrogens is 207 g/mol. The van der Waals surface area contributed by atoms with Gasteiger partial charge in [-0.15, -0.1) is 6.58 Å². The molecule has 0 atom stereocenters. The monoisotopic (exact) mass is 214 g/mol. The molecule has 1 aromatic carbocycles. The maximum atomic E-state index is 11.3. The van der Waals surface area contributed by atoms with Crippen molar-refractivity contribution in [3.63, 3.8) is 0 Å². The minimum Gasteiger partial charge on any atom is -0.294 e. The Labute approximate surface area is 87.0 Å². The lowest BCUT2D eigenvalue weighted by Gasteiger charge is -1.99. The Morgan fingerprint density at radius 2 is 2.08 bits per heavy atom.